The molecule has 25 heavy (non-hydrogen) atoms. The van der Waals surface area contributed by atoms with Crippen molar-refractivity contribution < 1.29 is 14.3 Å². The first-order valence-corrected chi connectivity index (χ1v) is 8.60. The van der Waals surface area contributed by atoms with E-state index in [-0.39, 0.29) is 30.3 Å². The summed E-state index contributed by atoms with van der Waals surface area (Å²) >= 11 is 0. The normalized spacial score (nSPS) is 10.4. The van der Waals surface area contributed by atoms with Crippen molar-refractivity contribution in [2.24, 2.45) is 5.92 Å². The van der Waals surface area contributed by atoms with E-state index in [2.05, 4.69) is 0 Å². The number of esters is 1. The minimum atomic E-state index is -0.553. The Morgan fingerprint density at radius 2 is 1.36 bits per heavy atom. The van der Waals surface area contributed by atoms with Crippen LogP contribution in [0, 0.1) is 5.92 Å². The molecule has 3 nitrogen and oxygen atoms in total. The molecule has 130 valence electrons. The molecular formula is C22H24O3. The zero-order valence-corrected chi connectivity index (χ0v) is 15.0. The van der Waals surface area contributed by atoms with Gasteiger partial charge in [0.1, 0.15) is 5.57 Å². The molecule has 3 heteroatoms. The van der Waals surface area contributed by atoms with Gasteiger partial charge in [-0.05, 0) is 17.0 Å². The molecule has 0 heterocycles. The minimum Gasteiger partial charge on any atom is -0.462 e. The summed E-state index contributed by atoms with van der Waals surface area (Å²) in [5.74, 6) is -0.557. The molecule has 2 aromatic rings. The maximum atomic E-state index is 12.7. The lowest BCUT2D eigenvalue weighted by Gasteiger charge is -2.15. The number of carbonyl (C=O) groups is 2. The summed E-state index contributed by atoms with van der Waals surface area (Å²) in [6.45, 7) is 5.98. The Labute approximate surface area is 149 Å². The molecule has 0 N–H and O–H groups in total. The second kappa shape index (κ2) is 8.97. The van der Waals surface area contributed by atoms with Gasteiger partial charge in [-0.3, -0.25) is 4.79 Å². The van der Waals surface area contributed by atoms with Gasteiger partial charge in [-0.25, -0.2) is 4.79 Å². The molecule has 0 saturated carbocycles. The van der Waals surface area contributed by atoms with Gasteiger partial charge in [-0.2, -0.15) is 0 Å². The van der Waals surface area contributed by atoms with Crippen molar-refractivity contribution in [2.45, 2.75) is 27.2 Å². The van der Waals surface area contributed by atoms with E-state index in [9.17, 15) is 9.59 Å². The fraction of sp³-hybridized carbons (Fsp3) is 0.273. The second-order valence-electron chi connectivity index (χ2n) is 6.25. The van der Waals surface area contributed by atoms with Crippen LogP contribution < -0.4 is 0 Å². The molecule has 2 aromatic carbocycles. The number of hydrogen-bond donors (Lipinski definition) is 0. The summed E-state index contributed by atoms with van der Waals surface area (Å²) in [5.41, 5.74) is 2.40. The molecule has 0 unspecified atom stereocenters. The van der Waals surface area contributed by atoms with Crippen molar-refractivity contribution in [2.75, 3.05) is 6.61 Å². The average Bonchev–Trinajstić information content (AvgIpc) is 2.64. The van der Waals surface area contributed by atoms with Gasteiger partial charge in [-0.1, -0.05) is 81.4 Å². The molecule has 0 aliphatic carbocycles. The van der Waals surface area contributed by atoms with E-state index in [0.717, 1.165) is 11.1 Å². The van der Waals surface area contributed by atoms with Crippen LogP contribution in [0.5, 0.6) is 0 Å². The average molecular weight is 336 g/mol. The Bertz CT molecular complexity index is 702. The lowest BCUT2D eigenvalue weighted by molar-refractivity contribution is -0.141. The van der Waals surface area contributed by atoms with Crippen LogP contribution in [-0.2, 0) is 14.3 Å². The van der Waals surface area contributed by atoms with Gasteiger partial charge in [-0.15, -0.1) is 0 Å². The Hall–Kier alpha value is -2.68. The monoisotopic (exact) mass is 336 g/mol. The van der Waals surface area contributed by atoms with Gasteiger partial charge < -0.3 is 4.74 Å². The van der Waals surface area contributed by atoms with Gasteiger partial charge in [0.25, 0.3) is 0 Å². The number of ether oxygens (including phenoxy) is 1. The molecule has 0 fully saturated rings. The van der Waals surface area contributed by atoms with Crippen molar-refractivity contribution in [1.29, 1.82) is 0 Å². The summed E-state index contributed by atoms with van der Waals surface area (Å²) in [7, 11) is 0. The highest BCUT2D eigenvalue weighted by atomic mass is 16.5. The van der Waals surface area contributed by atoms with Crippen molar-refractivity contribution in [3.63, 3.8) is 0 Å². The molecule has 0 atom stereocenters. The van der Waals surface area contributed by atoms with E-state index in [1.807, 2.05) is 74.5 Å². The molecule has 2 rings (SSSR count). The lowest BCUT2D eigenvalue weighted by Crippen LogP contribution is -2.20. The first kappa shape index (κ1) is 18.7. The Morgan fingerprint density at radius 3 is 1.76 bits per heavy atom. The molecular weight excluding hydrogens is 312 g/mol. The van der Waals surface area contributed by atoms with Crippen molar-refractivity contribution in [3.05, 3.63) is 77.4 Å². The van der Waals surface area contributed by atoms with Crippen LogP contribution in [0.2, 0.25) is 0 Å². The molecule has 0 aromatic heterocycles. The van der Waals surface area contributed by atoms with Gasteiger partial charge in [0, 0.05) is 12.0 Å². The number of carbonyl (C=O) groups excluding carboxylic acids is 2. The van der Waals surface area contributed by atoms with Crippen LogP contribution in [-0.4, -0.2) is 18.4 Å². The van der Waals surface area contributed by atoms with Gasteiger partial charge in [0.05, 0.1) is 6.61 Å². The quantitative estimate of drug-likeness (QED) is 0.319. The number of Topliss-reactive ketones (excluding diaryl/α,β-unsaturated/α-hetero) is 1. The third-order valence-electron chi connectivity index (χ3n) is 3.73. The van der Waals surface area contributed by atoms with Crippen LogP contribution in [0.4, 0.5) is 0 Å². The maximum Gasteiger partial charge on any atom is 0.342 e. The van der Waals surface area contributed by atoms with Crippen LogP contribution in [0.1, 0.15) is 38.3 Å². The van der Waals surface area contributed by atoms with E-state index in [1.165, 1.54) is 0 Å². The number of rotatable bonds is 7. The highest BCUT2D eigenvalue weighted by Gasteiger charge is 2.25. The van der Waals surface area contributed by atoms with E-state index >= 15 is 0 Å². The minimum absolute atomic E-state index is 0.126. The Kier molecular flexibility index (Phi) is 6.70. The smallest absolute Gasteiger partial charge is 0.342 e. The third kappa shape index (κ3) is 4.90. The SMILES string of the molecule is CCC(=O)C(C(=O)OCC(C)C)=C(c1ccccc1)c1ccccc1. The molecule has 0 aliphatic rings. The first-order chi connectivity index (χ1) is 12.0. The summed E-state index contributed by atoms with van der Waals surface area (Å²) in [6.07, 6.45) is 0.245. The molecule has 0 amide bonds. The number of hydrogen-bond acceptors (Lipinski definition) is 3. The van der Waals surface area contributed by atoms with Crippen LogP contribution in [0.15, 0.2) is 66.2 Å². The largest absolute Gasteiger partial charge is 0.462 e. The van der Waals surface area contributed by atoms with Gasteiger partial charge in [0.2, 0.25) is 0 Å². The summed E-state index contributed by atoms with van der Waals surface area (Å²) < 4.78 is 5.39. The van der Waals surface area contributed by atoms with Crippen LogP contribution in [0.3, 0.4) is 0 Å². The summed E-state index contributed by atoms with van der Waals surface area (Å²) in [4.78, 5) is 25.4. The lowest BCUT2D eigenvalue weighted by atomic mass is 9.90. The molecule has 0 bridgehead atoms. The zero-order chi connectivity index (χ0) is 18.2. The van der Waals surface area contributed by atoms with Crippen molar-refractivity contribution in [3.8, 4) is 0 Å². The third-order valence-corrected chi connectivity index (χ3v) is 3.73. The summed E-state index contributed by atoms with van der Waals surface area (Å²) in [6, 6.07) is 19.0. The molecule has 0 radical (unpaired) electrons. The standard InChI is InChI=1S/C22H24O3/c1-4-19(23)21(22(24)25-15-16(2)3)20(17-11-7-5-8-12-17)18-13-9-6-10-14-18/h5-14,16H,4,15H2,1-3H3. The van der Waals surface area contributed by atoms with Gasteiger partial charge >= 0.3 is 5.97 Å². The first-order valence-electron chi connectivity index (χ1n) is 8.60. The highest BCUT2D eigenvalue weighted by molar-refractivity contribution is 6.24. The molecule has 0 spiro atoms. The van der Waals surface area contributed by atoms with E-state index in [0.29, 0.717) is 5.57 Å². The zero-order valence-electron chi connectivity index (χ0n) is 15.0. The van der Waals surface area contributed by atoms with Gasteiger partial charge in [0.15, 0.2) is 5.78 Å². The molecule has 0 aliphatic heterocycles. The summed E-state index contributed by atoms with van der Waals surface area (Å²) in [5, 5.41) is 0. The second-order valence-corrected chi connectivity index (χ2v) is 6.25. The fourth-order valence-electron chi connectivity index (χ4n) is 2.51. The topological polar surface area (TPSA) is 43.4 Å². The van der Waals surface area contributed by atoms with E-state index < -0.39 is 5.97 Å². The predicted molar refractivity (Wildman–Crippen MR) is 100 cm³/mol. The van der Waals surface area contributed by atoms with Crippen molar-refractivity contribution >= 4 is 17.3 Å². The Morgan fingerprint density at radius 1 is 0.880 bits per heavy atom. The van der Waals surface area contributed by atoms with Crippen molar-refractivity contribution in [1.82, 2.24) is 0 Å². The number of ketones is 1. The Balaban J connectivity index is 2.65. The van der Waals surface area contributed by atoms with E-state index in [4.69, 9.17) is 4.74 Å². The van der Waals surface area contributed by atoms with Crippen LogP contribution in [0.25, 0.3) is 5.57 Å². The maximum absolute atomic E-state index is 12.7. The number of benzene rings is 2. The highest BCUT2D eigenvalue weighted by Crippen LogP contribution is 2.28. The molecule has 0 saturated heterocycles. The fourth-order valence-corrected chi connectivity index (χ4v) is 2.51. The van der Waals surface area contributed by atoms with E-state index in [1.54, 1.807) is 6.92 Å². The van der Waals surface area contributed by atoms with Crippen LogP contribution >= 0.6 is 0 Å². The predicted octanol–water partition coefficient (Wildman–Crippen LogP) is 4.67.